The minimum absolute atomic E-state index is 0.0674. The van der Waals surface area contributed by atoms with E-state index in [2.05, 4.69) is 52.8 Å². The molecule has 1 aliphatic carbocycles. The SMILES string of the molecule is CCCCCC1=CC(C(O)C(C)C)C(C)(C)C=C1. The molecule has 0 heterocycles. The first kappa shape index (κ1) is 15.5. The van der Waals surface area contributed by atoms with Crippen molar-refractivity contribution in [1.29, 1.82) is 0 Å². The molecule has 0 aromatic rings. The van der Waals surface area contributed by atoms with Crippen molar-refractivity contribution < 1.29 is 5.11 Å². The van der Waals surface area contributed by atoms with Gasteiger partial charge >= 0.3 is 0 Å². The first-order valence-corrected chi connectivity index (χ1v) is 7.46. The van der Waals surface area contributed by atoms with Gasteiger partial charge in [0.15, 0.2) is 0 Å². The first-order chi connectivity index (χ1) is 8.38. The molecule has 2 atom stereocenters. The summed E-state index contributed by atoms with van der Waals surface area (Å²) in [5, 5.41) is 10.4. The maximum absolute atomic E-state index is 10.4. The van der Waals surface area contributed by atoms with Crippen LogP contribution in [0.15, 0.2) is 23.8 Å². The minimum Gasteiger partial charge on any atom is -0.392 e. The highest BCUT2D eigenvalue weighted by Crippen LogP contribution is 2.39. The normalized spacial score (nSPS) is 24.2. The molecule has 1 nitrogen and oxygen atoms in total. The molecular formula is C17H30O. The standard InChI is InChI=1S/C17H30O/c1-6-7-8-9-14-10-11-17(4,5)15(12-14)16(18)13(2)3/h10-13,15-16,18H,6-9H2,1-5H3. The van der Waals surface area contributed by atoms with Gasteiger partial charge in [-0.05, 0) is 24.2 Å². The van der Waals surface area contributed by atoms with Crippen LogP contribution in [0.2, 0.25) is 0 Å². The smallest absolute Gasteiger partial charge is 0.0634 e. The third-order valence-corrected chi connectivity index (χ3v) is 4.10. The third-order valence-electron chi connectivity index (χ3n) is 4.10. The van der Waals surface area contributed by atoms with E-state index in [0.29, 0.717) is 5.92 Å². The lowest BCUT2D eigenvalue weighted by Crippen LogP contribution is -2.36. The molecule has 1 aliphatic rings. The summed E-state index contributed by atoms with van der Waals surface area (Å²) in [6.07, 6.45) is 11.6. The molecule has 2 unspecified atom stereocenters. The number of aliphatic hydroxyl groups is 1. The molecule has 0 amide bonds. The maximum atomic E-state index is 10.4. The van der Waals surface area contributed by atoms with Gasteiger partial charge in [0, 0.05) is 5.92 Å². The Kier molecular flexibility index (Phi) is 5.65. The highest BCUT2D eigenvalue weighted by atomic mass is 16.3. The van der Waals surface area contributed by atoms with E-state index in [4.69, 9.17) is 0 Å². The highest BCUT2D eigenvalue weighted by Gasteiger charge is 2.34. The van der Waals surface area contributed by atoms with E-state index in [0.717, 1.165) is 6.42 Å². The molecule has 0 fully saturated rings. The van der Waals surface area contributed by atoms with Crippen molar-refractivity contribution >= 4 is 0 Å². The van der Waals surface area contributed by atoms with E-state index in [1.54, 1.807) is 0 Å². The number of hydrogen-bond donors (Lipinski definition) is 1. The molecule has 0 aromatic heterocycles. The van der Waals surface area contributed by atoms with Crippen LogP contribution in [-0.2, 0) is 0 Å². The fourth-order valence-electron chi connectivity index (χ4n) is 2.63. The van der Waals surface area contributed by atoms with Crippen LogP contribution < -0.4 is 0 Å². The van der Waals surface area contributed by atoms with Gasteiger partial charge in [0.1, 0.15) is 0 Å². The molecule has 0 spiro atoms. The van der Waals surface area contributed by atoms with Crippen LogP contribution in [0.5, 0.6) is 0 Å². The van der Waals surface area contributed by atoms with Crippen molar-refractivity contribution in [2.24, 2.45) is 17.3 Å². The molecule has 18 heavy (non-hydrogen) atoms. The summed E-state index contributed by atoms with van der Waals surface area (Å²) in [6.45, 7) is 10.9. The minimum atomic E-state index is -0.244. The Labute approximate surface area is 113 Å². The third kappa shape index (κ3) is 3.98. The number of rotatable bonds is 6. The summed E-state index contributed by atoms with van der Waals surface area (Å²) in [4.78, 5) is 0. The number of hydrogen-bond acceptors (Lipinski definition) is 1. The van der Waals surface area contributed by atoms with Gasteiger partial charge in [-0.2, -0.15) is 0 Å². The van der Waals surface area contributed by atoms with Crippen molar-refractivity contribution in [1.82, 2.24) is 0 Å². The summed E-state index contributed by atoms with van der Waals surface area (Å²) < 4.78 is 0. The second kappa shape index (κ2) is 6.56. The molecule has 1 heteroatoms. The van der Waals surface area contributed by atoms with Crippen molar-refractivity contribution in [3.8, 4) is 0 Å². The average molecular weight is 250 g/mol. The van der Waals surface area contributed by atoms with E-state index in [1.165, 1.54) is 24.8 Å². The van der Waals surface area contributed by atoms with E-state index in [9.17, 15) is 5.11 Å². The molecule has 0 radical (unpaired) electrons. The zero-order valence-electron chi connectivity index (χ0n) is 12.7. The number of allylic oxidation sites excluding steroid dienone is 3. The predicted molar refractivity (Wildman–Crippen MR) is 79.5 cm³/mol. The summed E-state index contributed by atoms with van der Waals surface area (Å²) in [5.74, 6) is 0.563. The number of aliphatic hydroxyl groups excluding tert-OH is 1. The Morgan fingerprint density at radius 1 is 1.28 bits per heavy atom. The summed E-state index contributed by atoms with van der Waals surface area (Å²) >= 11 is 0. The molecule has 1 N–H and O–H groups in total. The lowest BCUT2D eigenvalue weighted by atomic mass is 9.69. The van der Waals surface area contributed by atoms with E-state index in [-0.39, 0.29) is 17.4 Å². The van der Waals surface area contributed by atoms with Crippen LogP contribution in [-0.4, -0.2) is 11.2 Å². The van der Waals surface area contributed by atoms with Crippen molar-refractivity contribution in [2.75, 3.05) is 0 Å². The lowest BCUT2D eigenvalue weighted by molar-refractivity contribution is 0.0441. The van der Waals surface area contributed by atoms with Gasteiger partial charge in [-0.25, -0.2) is 0 Å². The molecule has 0 saturated carbocycles. The zero-order chi connectivity index (χ0) is 13.8. The second-order valence-corrected chi connectivity index (χ2v) is 6.61. The molecule has 104 valence electrons. The van der Waals surface area contributed by atoms with Gasteiger partial charge in [-0.3, -0.25) is 0 Å². The topological polar surface area (TPSA) is 20.2 Å². The predicted octanol–water partition coefficient (Wildman–Crippen LogP) is 4.72. The van der Waals surface area contributed by atoms with Crippen LogP contribution in [0.1, 0.15) is 60.3 Å². The van der Waals surface area contributed by atoms with Crippen molar-refractivity contribution in [3.63, 3.8) is 0 Å². The van der Waals surface area contributed by atoms with Gasteiger partial charge in [-0.1, -0.05) is 71.3 Å². The molecule has 0 bridgehead atoms. The maximum Gasteiger partial charge on any atom is 0.0634 e. The highest BCUT2D eigenvalue weighted by molar-refractivity contribution is 5.28. The lowest BCUT2D eigenvalue weighted by Gasteiger charge is -2.38. The molecule has 0 aromatic carbocycles. The van der Waals surface area contributed by atoms with Gasteiger partial charge in [0.05, 0.1) is 6.10 Å². The van der Waals surface area contributed by atoms with Crippen molar-refractivity contribution in [3.05, 3.63) is 23.8 Å². The van der Waals surface area contributed by atoms with Crippen LogP contribution in [0, 0.1) is 17.3 Å². The largest absolute Gasteiger partial charge is 0.392 e. The Bertz CT molecular complexity index is 310. The molecular weight excluding hydrogens is 220 g/mol. The van der Waals surface area contributed by atoms with Crippen LogP contribution in [0.3, 0.4) is 0 Å². The van der Waals surface area contributed by atoms with E-state index in [1.807, 2.05) is 0 Å². The quantitative estimate of drug-likeness (QED) is 0.676. The Morgan fingerprint density at radius 2 is 1.94 bits per heavy atom. The van der Waals surface area contributed by atoms with Gasteiger partial charge in [0.2, 0.25) is 0 Å². The van der Waals surface area contributed by atoms with Gasteiger partial charge in [0.25, 0.3) is 0 Å². The van der Waals surface area contributed by atoms with Crippen LogP contribution >= 0.6 is 0 Å². The van der Waals surface area contributed by atoms with Crippen LogP contribution in [0.4, 0.5) is 0 Å². The monoisotopic (exact) mass is 250 g/mol. The zero-order valence-corrected chi connectivity index (χ0v) is 12.7. The van der Waals surface area contributed by atoms with E-state index < -0.39 is 0 Å². The van der Waals surface area contributed by atoms with Crippen molar-refractivity contribution in [2.45, 2.75) is 66.4 Å². The van der Waals surface area contributed by atoms with Gasteiger partial charge < -0.3 is 5.11 Å². The summed E-state index contributed by atoms with van der Waals surface area (Å²) in [7, 11) is 0. The fraction of sp³-hybridized carbons (Fsp3) is 0.765. The van der Waals surface area contributed by atoms with Crippen LogP contribution in [0.25, 0.3) is 0 Å². The summed E-state index contributed by atoms with van der Waals surface area (Å²) in [6, 6.07) is 0. The molecule has 1 rings (SSSR count). The summed E-state index contributed by atoms with van der Waals surface area (Å²) in [5.41, 5.74) is 1.48. The average Bonchev–Trinajstić information content (AvgIpc) is 2.30. The first-order valence-electron chi connectivity index (χ1n) is 7.46. The van der Waals surface area contributed by atoms with Gasteiger partial charge in [-0.15, -0.1) is 0 Å². The van der Waals surface area contributed by atoms with E-state index >= 15 is 0 Å². The Hall–Kier alpha value is -0.560. The molecule has 0 aliphatic heterocycles. The number of unbranched alkanes of at least 4 members (excludes halogenated alkanes) is 2. The second-order valence-electron chi connectivity index (χ2n) is 6.61. The fourth-order valence-corrected chi connectivity index (χ4v) is 2.63. The Balaban J connectivity index is 2.75. The Morgan fingerprint density at radius 3 is 2.50 bits per heavy atom. The molecule has 0 saturated heterocycles.